The Morgan fingerprint density at radius 3 is 0.843 bits per heavy atom. The van der Waals surface area contributed by atoms with Gasteiger partial charge in [-0.1, -0.05) is 165 Å². The molecule has 2 spiro atoms. The standard InChI is InChI=1S/2C25H29ClN6O2S.2C16H12Cl2N4OS.C5H6N2O2/c2*1-16-24(27)25(15-34-16)7-10-32(11-8-25)21-13-29-22(14-28-21)35-20-5-3-4-17(23(20)26)12-19(33)18-6-9-31(2)30-18;2*1-22-6-5-11(21-22)12(23)7-10-3-2-4-13(16(10)18)24-15-9-19-14(17)8-20-15;1-7-3-2-4(6-7)5(8)9/h2*3-6,9,13-14,16,24H,7-8,10-12,15,27H2,1-2H3;2*2-6,8-9H,7H2,1H3;2-3H,1H3,(H,8,9)/t2*16-,24+;;;/m00.../s1. The fraction of sp³-hybridized carbons (Fsp3) is 0.310. The second kappa shape index (κ2) is 43.4. The van der Waals surface area contributed by atoms with Crippen LogP contribution >= 0.6 is 117 Å². The number of carboxylic acids is 1. The molecule has 4 saturated heterocycles. The fourth-order valence-corrected chi connectivity index (χ4v) is 19.1. The average Bonchev–Trinajstić information content (AvgIpc) is 1.65. The number of nitrogens with two attached hydrogens (primary N) is 2. The molecule has 4 aliphatic heterocycles. The average molecular weight is 1910 g/mol. The molecule has 660 valence electrons. The number of aryl methyl sites for hydroxylation is 5. The number of aromatic carboxylic acids is 1. The Morgan fingerprint density at radius 1 is 0.378 bits per heavy atom. The number of aromatic nitrogens is 18. The molecule has 9 aromatic heterocycles. The van der Waals surface area contributed by atoms with E-state index in [1.54, 1.807) is 134 Å². The molecule has 30 nitrogen and oxygen atoms in total. The van der Waals surface area contributed by atoms with Crippen LogP contribution in [0.3, 0.4) is 0 Å². The molecule has 0 amide bonds. The van der Waals surface area contributed by atoms with Crippen molar-refractivity contribution < 1.29 is 38.6 Å². The van der Waals surface area contributed by atoms with Gasteiger partial charge in [0.15, 0.2) is 28.8 Å². The van der Waals surface area contributed by atoms with Gasteiger partial charge in [-0.25, -0.2) is 44.7 Å². The van der Waals surface area contributed by atoms with Crippen molar-refractivity contribution in [2.75, 3.05) is 49.2 Å². The minimum atomic E-state index is -0.990. The van der Waals surface area contributed by atoms with E-state index in [1.807, 2.05) is 85.2 Å². The molecule has 4 atom stereocenters. The molecule has 0 radical (unpaired) electrons. The number of halogens is 6. The molecule has 0 saturated carbocycles. The molecule has 0 unspecified atom stereocenters. The highest BCUT2D eigenvalue weighted by atomic mass is 35.5. The third kappa shape index (κ3) is 24.7. The molecule has 4 aliphatic rings. The topological polar surface area (TPSA) is 375 Å². The monoisotopic (exact) mass is 1910 g/mol. The zero-order valence-corrected chi connectivity index (χ0v) is 77.6. The Morgan fingerprint density at radius 2 is 0.638 bits per heavy atom. The number of ketones is 4. The number of ether oxygens (including phenoxy) is 2. The lowest BCUT2D eigenvalue weighted by atomic mass is 9.73. The number of benzene rings is 4. The first-order valence-corrected chi connectivity index (χ1v) is 45.5. The maximum Gasteiger partial charge on any atom is 0.356 e. The van der Waals surface area contributed by atoms with Crippen molar-refractivity contribution >= 4 is 157 Å². The molecular formula is C87H88Cl6N22O8S4. The summed E-state index contributed by atoms with van der Waals surface area (Å²) in [7, 11) is 8.79. The van der Waals surface area contributed by atoms with Crippen molar-refractivity contribution in [2.45, 2.75) is 129 Å². The summed E-state index contributed by atoms with van der Waals surface area (Å²) >= 11 is 43.3. The third-order valence-corrected chi connectivity index (χ3v) is 28.2. The quantitative estimate of drug-likeness (QED) is 0.0501. The first-order valence-electron chi connectivity index (χ1n) is 39.9. The summed E-state index contributed by atoms with van der Waals surface area (Å²) in [4.78, 5) is 103. The molecule has 5 N–H and O–H groups in total. The number of carbonyl (C=O) groups excluding carboxylic acids is 4. The molecule has 13 aromatic rings. The van der Waals surface area contributed by atoms with E-state index in [0.717, 1.165) is 129 Å². The maximum absolute atomic E-state index is 12.6. The molecule has 127 heavy (non-hydrogen) atoms. The van der Waals surface area contributed by atoms with Crippen LogP contribution in [0.25, 0.3) is 0 Å². The van der Waals surface area contributed by atoms with E-state index in [-0.39, 0.29) is 89.6 Å². The van der Waals surface area contributed by atoms with Gasteiger partial charge < -0.3 is 35.8 Å². The number of carbonyl (C=O) groups is 5. The van der Waals surface area contributed by atoms with E-state index >= 15 is 0 Å². The van der Waals surface area contributed by atoms with Crippen LogP contribution in [-0.4, -0.2) is 187 Å². The lowest BCUT2D eigenvalue weighted by Gasteiger charge is -2.41. The Bertz CT molecular complexity index is 5680. The van der Waals surface area contributed by atoms with Gasteiger partial charge in [0.1, 0.15) is 64.8 Å². The molecule has 17 rings (SSSR count). The number of carboxylic acid groups (broad SMARTS) is 1. The molecule has 4 aromatic carbocycles. The Balaban J connectivity index is 0.000000142. The number of rotatable bonds is 23. The summed E-state index contributed by atoms with van der Waals surface area (Å²) < 4.78 is 19.5. The summed E-state index contributed by atoms with van der Waals surface area (Å²) in [6, 6.07) is 31.0. The second-order valence-corrected chi connectivity index (χ2v) is 37.0. The van der Waals surface area contributed by atoms with Crippen LogP contribution in [0.15, 0.2) is 223 Å². The van der Waals surface area contributed by atoms with Crippen molar-refractivity contribution in [3.63, 3.8) is 0 Å². The number of nitrogens with zero attached hydrogens (tertiary/aromatic N) is 20. The Labute approximate surface area is 779 Å². The zero-order chi connectivity index (χ0) is 90.2. The lowest BCUT2D eigenvalue weighted by Crippen LogP contribution is -2.50. The van der Waals surface area contributed by atoms with E-state index in [0.29, 0.717) is 63.2 Å². The normalized spacial score (nSPS) is 16.6. The van der Waals surface area contributed by atoms with Gasteiger partial charge in [0, 0.05) is 161 Å². The molecule has 40 heteroatoms. The van der Waals surface area contributed by atoms with Crippen molar-refractivity contribution in [2.24, 2.45) is 57.5 Å². The van der Waals surface area contributed by atoms with E-state index in [1.165, 1.54) is 70.2 Å². The summed E-state index contributed by atoms with van der Waals surface area (Å²) in [5, 5.41) is 34.2. The van der Waals surface area contributed by atoms with Crippen LogP contribution in [-0.2, 0) is 70.4 Å². The van der Waals surface area contributed by atoms with E-state index in [2.05, 4.69) is 89.0 Å². The van der Waals surface area contributed by atoms with Gasteiger partial charge >= 0.3 is 5.97 Å². The minimum absolute atomic E-state index is 0.0679. The number of anilines is 2. The van der Waals surface area contributed by atoms with Crippen LogP contribution in [0.2, 0.25) is 30.4 Å². The van der Waals surface area contributed by atoms with Crippen LogP contribution < -0.4 is 21.3 Å². The van der Waals surface area contributed by atoms with Gasteiger partial charge in [0.25, 0.3) is 0 Å². The predicted octanol–water partition coefficient (Wildman–Crippen LogP) is 15.9. The van der Waals surface area contributed by atoms with Crippen LogP contribution in [0.5, 0.6) is 0 Å². The number of Topliss-reactive ketones (excluding diaryl/α,β-unsaturated/α-hetero) is 4. The summed E-state index contributed by atoms with van der Waals surface area (Å²) in [5.74, 6) is 0.451. The maximum atomic E-state index is 12.6. The van der Waals surface area contributed by atoms with Gasteiger partial charge in [0.2, 0.25) is 0 Å². The first-order chi connectivity index (χ1) is 60.9. The van der Waals surface area contributed by atoms with Gasteiger partial charge in [-0.05, 0) is 116 Å². The molecular weight excluding hydrogens is 1820 g/mol. The SMILES string of the molecule is C[C@@H]1OCC2(CCN(c3cnc(Sc4cccc(CC(=O)c5ccn(C)n5)c4Cl)cn3)CC2)[C@@H]1N.C[C@@H]1OCC2(CCN(c3cnc(Sc4cccc(CC(=O)c5ccn(C)n5)c4Cl)cn3)CC2)[C@@H]1N.Cn1ccc(C(=O)Cc2cccc(Sc3cnc(Cl)cn3)c2Cl)n1.Cn1ccc(C(=O)Cc2cccc(Sc3cnc(Cl)cn3)c2Cl)n1.Cn1ccc(C(=O)O)n1. The van der Waals surface area contributed by atoms with E-state index in [9.17, 15) is 24.0 Å². The number of hydrogen-bond acceptors (Lipinski definition) is 28. The largest absolute Gasteiger partial charge is 0.476 e. The third-order valence-electron chi connectivity index (χ3n) is 21.6. The number of hydrogen-bond donors (Lipinski definition) is 3. The van der Waals surface area contributed by atoms with Gasteiger partial charge in [-0.3, -0.25) is 42.6 Å². The molecule has 13 heterocycles. The first kappa shape index (κ1) is 94.6. The summed E-state index contributed by atoms with van der Waals surface area (Å²) in [5.41, 5.74) is 17.9. The van der Waals surface area contributed by atoms with Crippen molar-refractivity contribution in [3.8, 4) is 0 Å². The van der Waals surface area contributed by atoms with Crippen molar-refractivity contribution in [1.82, 2.24) is 88.8 Å². The lowest BCUT2D eigenvalue weighted by molar-refractivity contribution is 0.0688. The highest BCUT2D eigenvalue weighted by molar-refractivity contribution is 8.00. The Kier molecular flexibility index (Phi) is 32.3. The van der Waals surface area contributed by atoms with Gasteiger partial charge in [-0.2, -0.15) is 25.5 Å². The van der Waals surface area contributed by atoms with Crippen molar-refractivity contribution in [1.29, 1.82) is 0 Å². The van der Waals surface area contributed by atoms with Crippen molar-refractivity contribution in [3.05, 3.63) is 265 Å². The molecule has 4 fully saturated rings. The van der Waals surface area contributed by atoms with E-state index in [4.69, 9.17) is 95.7 Å². The molecule has 0 aliphatic carbocycles. The summed E-state index contributed by atoms with van der Waals surface area (Å²) in [6.45, 7) is 9.19. The smallest absolute Gasteiger partial charge is 0.356 e. The summed E-state index contributed by atoms with van der Waals surface area (Å²) in [6.07, 6.45) is 26.9. The zero-order valence-electron chi connectivity index (χ0n) is 69.8. The predicted molar refractivity (Wildman–Crippen MR) is 490 cm³/mol. The highest BCUT2D eigenvalue weighted by Crippen LogP contribution is 2.45. The Hall–Kier alpha value is -10.0. The van der Waals surface area contributed by atoms with E-state index < -0.39 is 5.97 Å². The van der Waals surface area contributed by atoms with Crippen LogP contribution in [0.1, 0.15) is 114 Å². The number of piperidine rings is 2. The van der Waals surface area contributed by atoms with Crippen LogP contribution in [0, 0.1) is 10.8 Å². The molecule has 0 bridgehead atoms. The minimum Gasteiger partial charge on any atom is -0.476 e. The highest BCUT2D eigenvalue weighted by Gasteiger charge is 2.49. The fourth-order valence-electron chi connectivity index (χ4n) is 14.4. The van der Waals surface area contributed by atoms with Crippen LogP contribution in [0.4, 0.5) is 11.6 Å². The van der Waals surface area contributed by atoms with Gasteiger partial charge in [0.05, 0.1) is 95.1 Å². The van der Waals surface area contributed by atoms with Gasteiger partial charge in [-0.15, -0.1) is 0 Å². The second-order valence-electron chi connectivity index (χ2n) is 30.5.